The van der Waals surface area contributed by atoms with Crippen LogP contribution in [0.3, 0.4) is 0 Å². The molecule has 0 aliphatic carbocycles. The van der Waals surface area contributed by atoms with Crippen LogP contribution in [0.25, 0.3) is 20.8 Å². The normalized spacial score (nSPS) is 11.3. The Morgan fingerprint density at radius 3 is 2.76 bits per heavy atom. The van der Waals surface area contributed by atoms with Crippen molar-refractivity contribution in [3.05, 3.63) is 54.9 Å². The summed E-state index contributed by atoms with van der Waals surface area (Å²) in [7, 11) is 0. The fourth-order valence-electron chi connectivity index (χ4n) is 1.99. The molecule has 1 aromatic heterocycles. The Bertz CT molecular complexity index is 781. The van der Waals surface area contributed by atoms with Crippen LogP contribution in [0.5, 0.6) is 5.75 Å². The number of hydrogen-bond donors (Lipinski definition) is 2. The van der Waals surface area contributed by atoms with Crippen molar-refractivity contribution in [2.75, 3.05) is 11.9 Å². The van der Waals surface area contributed by atoms with E-state index in [-0.39, 0.29) is 5.75 Å². The Balaban J connectivity index is 1.84. The fourth-order valence-corrected chi connectivity index (χ4v) is 2.99. The molecule has 3 rings (SSSR count). The largest absolute Gasteiger partial charge is 0.508 e. The zero-order chi connectivity index (χ0) is 14.7. The molecule has 5 heteroatoms. The van der Waals surface area contributed by atoms with Crippen LogP contribution in [0.1, 0.15) is 0 Å². The van der Waals surface area contributed by atoms with Gasteiger partial charge in [0.2, 0.25) is 0 Å². The minimum atomic E-state index is 0.248. The summed E-state index contributed by atoms with van der Waals surface area (Å²) in [6.07, 6.45) is 1.94. The van der Waals surface area contributed by atoms with Crippen LogP contribution in [0.2, 0.25) is 0 Å². The molecule has 106 valence electrons. The first kappa shape index (κ1) is 13.6. The summed E-state index contributed by atoms with van der Waals surface area (Å²) in [5.41, 5.74) is 2.82. The number of hydrogen-bond acceptors (Lipinski definition) is 4. The van der Waals surface area contributed by atoms with Gasteiger partial charge in [-0.05, 0) is 48.5 Å². The first-order chi connectivity index (χ1) is 10.3. The quantitative estimate of drug-likeness (QED) is 0.742. The molecule has 0 spiro atoms. The SMILES string of the molecule is Oc1ccc2nc(-c3ccc(NCC=C[18F])cc3)sc2c1. The number of aromatic hydroxyl groups is 1. The molecule has 0 aliphatic heterocycles. The Hall–Kier alpha value is -2.40. The lowest BCUT2D eigenvalue weighted by atomic mass is 10.2. The van der Waals surface area contributed by atoms with Crippen LogP contribution in [-0.2, 0) is 0 Å². The molecule has 3 nitrogen and oxygen atoms in total. The summed E-state index contributed by atoms with van der Waals surface area (Å²) in [6.45, 7) is 0.455. The number of anilines is 1. The second-order valence-corrected chi connectivity index (χ2v) is 5.52. The van der Waals surface area contributed by atoms with E-state index in [1.54, 1.807) is 12.1 Å². The van der Waals surface area contributed by atoms with Crippen molar-refractivity contribution in [1.82, 2.24) is 4.98 Å². The first-order valence-corrected chi connectivity index (χ1v) is 7.27. The lowest BCUT2D eigenvalue weighted by molar-refractivity contribution is 0.476. The summed E-state index contributed by atoms with van der Waals surface area (Å²) >= 11 is 1.54. The van der Waals surface area contributed by atoms with Gasteiger partial charge in [-0.1, -0.05) is 0 Å². The van der Waals surface area contributed by atoms with Crippen LogP contribution in [0, 0.1) is 0 Å². The zero-order valence-corrected chi connectivity index (χ0v) is 11.9. The summed E-state index contributed by atoms with van der Waals surface area (Å²) in [5.74, 6) is 0.248. The lowest BCUT2D eigenvalue weighted by Crippen LogP contribution is -1.97. The fraction of sp³-hybridized carbons (Fsp3) is 0.0625. The minimum Gasteiger partial charge on any atom is -0.508 e. The van der Waals surface area contributed by atoms with Crippen LogP contribution in [0.4, 0.5) is 10.1 Å². The van der Waals surface area contributed by atoms with E-state index in [0.29, 0.717) is 12.9 Å². The van der Waals surface area contributed by atoms with Gasteiger partial charge in [0, 0.05) is 17.8 Å². The number of nitrogens with zero attached hydrogens (tertiary/aromatic N) is 1. The molecule has 3 aromatic rings. The van der Waals surface area contributed by atoms with Crippen LogP contribution in [0.15, 0.2) is 54.9 Å². The van der Waals surface area contributed by atoms with E-state index >= 15 is 0 Å². The molecule has 0 unspecified atom stereocenters. The molecule has 0 amide bonds. The van der Waals surface area contributed by atoms with Crippen molar-refractivity contribution in [3.8, 4) is 16.3 Å². The molecule has 0 saturated heterocycles. The van der Waals surface area contributed by atoms with Crippen molar-refractivity contribution in [1.29, 1.82) is 0 Å². The van der Waals surface area contributed by atoms with Gasteiger partial charge in [-0.15, -0.1) is 11.3 Å². The third kappa shape index (κ3) is 3.03. The topological polar surface area (TPSA) is 45.2 Å². The predicted molar refractivity (Wildman–Crippen MR) is 85.5 cm³/mol. The lowest BCUT2D eigenvalue weighted by Gasteiger charge is -2.03. The summed E-state index contributed by atoms with van der Waals surface area (Å²) < 4.78 is 12.8. The van der Waals surface area contributed by atoms with Crippen LogP contribution in [-0.4, -0.2) is 16.6 Å². The average molecular weight is 299 g/mol. The Morgan fingerprint density at radius 1 is 1.19 bits per heavy atom. The van der Waals surface area contributed by atoms with Gasteiger partial charge in [0.25, 0.3) is 0 Å². The van der Waals surface area contributed by atoms with Crippen molar-refractivity contribution < 1.29 is 9.50 Å². The Labute approximate surface area is 125 Å². The monoisotopic (exact) mass is 299 g/mol. The highest BCUT2D eigenvalue weighted by Crippen LogP contribution is 2.32. The third-order valence-electron chi connectivity index (χ3n) is 3.02. The molecule has 0 aliphatic rings. The second kappa shape index (κ2) is 5.93. The van der Waals surface area contributed by atoms with Gasteiger partial charge in [0.15, 0.2) is 0 Å². The van der Waals surface area contributed by atoms with Crippen molar-refractivity contribution in [2.45, 2.75) is 0 Å². The highest BCUT2D eigenvalue weighted by Gasteiger charge is 2.06. The van der Waals surface area contributed by atoms with E-state index in [1.807, 2.05) is 30.3 Å². The number of nitrogens with one attached hydrogen (secondary N) is 1. The van der Waals surface area contributed by atoms with Crippen molar-refractivity contribution in [3.63, 3.8) is 0 Å². The molecule has 2 N–H and O–H groups in total. The van der Waals surface area contributed by atoms with Gasteiger partial charge < -0.3 is 10.4 Å². The number of halogens is 1. The maximum Gasteiger partial charge on any atom is 0.124 e. The molecule has 21 heavy (non-hydrogen) atoms. The molecule has 0 bridgehead atoms. The highest BCUT2D eigenvalue weighted by molar-refractivity contribution is 7.21. The smallest absolute Gasteiger partial charge is 0.124 e. The third-order valence-corrected chi connectivity index (χ3v) is 4.08. The molecular weight excluding hydrogens is 286 g/mol. The van der Waals surface area contributed by atoms with Gasteiger partial charge in [0.05, 0.1) is 16.5 Å². The van der Waals surface area contributed by atoms with Crippen molar-refractivity contribution in [2.24, 2.45) is 0 Å². The number of fused-ring (bicyclic) bond motifs is 1. The molecule has 0 atom stereocenters. The molecule has 0 radical (unpaired) electrons. The second-order valence-electron chi connectivity index (χ2n) is 4.49. The van der Waals surface area contributed by atoms with E-state index in [1.165, 1.54) is 17.4 Å². The molecular formula is C16H13FN2OS. The predicted octanol–water partition coefficient (Wildman–Crippen LogP) is 4.56. The highest BCUT2D eigenvalue weighted by atomic mass is 32.1. The molecule has 2 aromatic carbocycles. The number of benzene rings is 2. The number of phenolic OH excluding ortho intramolecular Hbond substituents is 1. The maximum atomic E-state index is 11.9. The van der Waals surface area contributed by atoms with Gasteiger partial charge in [-0.2, -0.15) is 0 Å². The standard InChI is InChI=1S/C16H13FN2OS/c17-8-1-9-18-12-4-2-11(3-5-12)16-19-14-7-6-13(20)10-15(14)21-16/h1-8,10,18,20H,9H2/i17-1. The molecule has 0 fully saturated rings. The van der Waals surface area contributed by atoms with Crippen LogP contribution >= 0.6 is 11.3 Å². The first-order valence-electron chi connectivity index (χ1n) is 6.45. The van der Waals surface area contributed by atoms with E-state index in [4.69, 9.17) is 0 Å². The van der Waals surface area contributed by atoms with Crippen LogP contribution < -0.4 is 5.32 Å². The van der Waals surface area contributed by atoms with Gasteiger partial charge >= 0.3 is 0 Å². The Kier molecular flexibility index (Phi) is 3.83. The van der Waals surface area contributed by atoms with E-state index in [9.17, 15) is 9.50 Å². The number of rotatable bonds is 4. The van der Waals surface area contributed by atoms with Gasteiger partial charge in [-0.3, -0.25) is 0 Å². The minimum absolute atomic E-state index is 0.248. The van der Waals surface area contributed by atoms with E-state index in [0.717, 1.165) is 26.5 Å². The summed E-state index contributed by atoms with van der Waals surface area (Å²) in [5, 5.41) is 13.5. The average Bonchev–Trinajstić information content (AvgIpc) is 2.91. The summed E-state index contributed by atoms with van der Waals surface area (Å²) in [4.78, 5) is 4.56. The molecule has 0 saturated carbocycles. The Morgan fingerprint density at radius 2 is 2.00 bits per heavy atom. The number of aromatic nitrogens is 1. The van der Waals surface area contributed by atoms with Gasteiger partial charge in [0.1, 0.15) is 10.8 Å². The van der Waals surface area contributed by atoms with Crippen molar-refractivity contribution >= 4 is 27.2 Å². The van der Waals surface area contributed by atoms with Gasteiger partial charge in [-0.25, -0.2) is 9.37 Å². The van der Waals surface area contributed by atoms with E-state index in [2.05, 4.69) is 10.3 Å². The zero-order valence-electron chi connectivity index (χ0n) is 11.1. The number of phenols is 1. The summed E-state index contributed by atoms with van der Waals surface area (Å²) in [6, 6.07) is 13.0. The van der Waals surface area contributed by atoms with E-state index < -0.39 is 0 Å². The molecule has 1 heterocycles. The maximum absolute atomic E-state index is 11.9. The number of thiazole rings is 1.